The van der Waals surface area contributed by atoms with E-state index in [2.05, 4.69) is 20.3 Å². The number of hydrogen-bond donors (Lipinski definition) is 1. The molecule has 36 heavy (non-hydrogen) atoms. The van der Waals surface area contributed by atoms with E-state index in [-0.39, 0.29) is 17.6 Å². The number of nitrogens with zero attached hydrogens (tertiary/aromatic N) is 4. The molecule has 9 heteroatoms. The minimum atomic E-state index is -0.284. The number of carbonyl (C=O) groups is 1. The molecule has 0 spiro atoms. The van der Waals surface area contributed by atoms with Crippen molar-refractivity contribution in [1.29, 1.82) is 0 Å². The Morgan fingerprint density at radius 2 is 1.92 bits per heavy atom. The molecule has 1 fully saturated rings. The fraction of sp³-hybridized carbons (Fsp3) is 0.296. The summed E-state index contributed by atoms with van der Waals surface area (Å²) in [6.45, 7) is 1.79. The van der Waals surface area contributed by atoms with Gasteiger partial charge in [0.2, 0.25) is 5.91 Å². The number of methoxy groups -OCH3 is 2. The number of amides is 1. The summed E-state index contributed by atoms with van der Waals surface area (Å²) in [4.78, 5) is 19.8. The molecule has 1 atom stereocenters. The van der Waals surface area contributed by atoms with Crippen molar-refractivity contribution in [2.24, 2.45) is 5.92 Å². The largest absolute Gasteiger partial charge is 0.493 e. The second kappa shape index (κ2) is 10.2. The average molecular weight is 490 g/mol. The van der Waals surface area contributed by atoms with Gasteiger partial charge in [-0.3, -0.25) is 4.79 Å². The van der Waals surface area contributed by atoms with Crippen LogP contribution in [-0.4, -0.2) is 47.8 Å². The molecule has 8 nitrogen and oxygen atoms in total. The predicted molar refractivity (Wildman–Crippen MR) is 135 cm³/mol. The summed E-state index contributed by atoms with van der Waals surface area (Å²) < 4.78 is 25.8. The number of benzene rings is 2. The van der Waals surface area contributed by atoms with Crippen molar-refractivity contribution in [3.05, 3.63) is 72.3 Å². The first-order valence-corrected chi connectivity index (χ1v) is 11.9. The van der Waals surface area contributed by atoms with Crippen molar-refractivity contribution < 1.29 is 18.7 Å². The molecule has 1 N–H and O–H groups in total. The molecule has 4 aromatic rings. The summed E-state index contributed by atoms with van der Waals surface area (Å²) in [7, 11) is 3.19. The highest BCUT2D eigenvalue weighted by Crippen LogP contribution is 2.29. The highest BCUT2D eigenvalue weighted by Gasteiger charge is 2.28. The Morgan fingerprint density at radius 1 is 1.11 bits per heavy atom. The molecular weight excluding hydrogens is 461 g/mol. The number of nitrogens with one attached hydrogen (secondary N) is 1. The topological polar surface area (TPSA) is 81.0 Å². The van der Waals surface area contributed by atoms with Gasteiger partial charge in [-0.1, -0.05) is 6.07 Å². The average Bonchev–Trinajstić information content (AvgIpc) is 3.36. The molecule has 0 bridgehead atoms. The van der Waals surface area contributed by atoms with Gasteiger partial charge >= 0.3 is 0 Å². The molecule has 1 aliphatic heterocycles. The van der Waals surface area contributed by atoms with Gasteiger partial charge in [0.05, 0.1) is 25.8 Å². The van der Waals surface area contributed by atoms with E-state index < -0.39 is 0 Å². The van der Waals surface area contributed by atoms with E-state index in [4.69, 9.17) is 9.47 Å². The fourth-order valence-corrected chi connectivity index (χ4v) is 4.62. The number of hydrogen-bond acceptors (Lipinski definition) is 6. The highest BCUT2D eigenvalue weighted by atomic mass is 19.1. The van der Waals surface area contributed by atoms with Crippen LogP contribution in [0.4, 0.5) is 10.2 Å². The summed E-state index contributed by atoms with van der Waals surface area (Å²) in [6.07, 6.45) is 5.21. The maximum atomic E-state index is 13.3. The van der Waals surface area contributed by atoms with Crippen LogP contribution in [-0.2, 0) is 11.3 Å². The van der Waals surface area contributed by atoms with Crippen LogP contribution < -0.4 is 19.7 Å². The van der Waals surface area contributed by atoms with Gasteiger partial charge in [0.1, 0.15) is 11.3 Å². The van der Waals surface area contributed by atoms with Crippen LogP contribution >= 0.6 is 0 Å². The maximum absolute atomic E-state index is 13.3. The Kier molecular flexibility index (Phi) is 6.71. The first kappa shape index (κ1) is 23.6. The van der Waals surface area contributed by atoms with Gasteiger partial charge in [-0.25, -0.2) is 13.9 Å². The minimum absolute atomic E-state index is 0.0157. The molecule has 5 rings (SSSR count). The van der Waals surface area contributed by atoms with Crippen LogP contribution in [0.2, 0.25) is 0 Å². The molecule has 0 aliphatic carbocycles. The van der Waals surface area contributed by atoms with Gasteiger partial charge in [-0.2, -0.15) is 5.10 Å². The number of carbonyl (C=O) groups excluding carboxylic acids is 1. The Hall–Kier alpha value is -4.14. The van der Waals surface area contributed by atoms with Gasteiger partial charge in [-0.05, 0) is 60.9 Å². The van der Waals surface area contributed by atoms with E-state index in [0.29, 0.717) is 24.6 Å². The van der Waals surface area contributed by atoms with Crippen LogP contribution in [0.25, 0.3) is 16.8 Å². The Bertz CT molecular complexity index is 1370. The van der Waals surface area contributed by atoms with Crippen molar-refractivity contribution in [2.75, 3.05) is 32.2 Å². The third-order valence-corrected chi connectivity index (χ3v) is 6.52. The molecule has 0 radical (unpaired) electrons. The van der Waals surface area contributed by atoms with Crippen LogP contribution in [0.5, 0.6) is 11.5 Å². The standard InChI is InChI=1S/C27H28FN5O3/c1-35-24-10-5-18(14-25(24)36-2)16-30-27(34)20-4-3-12-32(17-20)26-23-15-22(31-33(23)13-11-29-26)19-6-8-21(28)9-7-19/h5-11,13-15,20H,3-4,12,16-17H2,1-2H3,(H,30,34)/t20-/m1/s1. The number of aromatic nitrogens is 3. The van der Waals surface area contributed by atoms with Crippen molar-refractivity contribution in [3.8, 4) is 22.8 Å². The van der Waals surface area contributed by atoms with Crippen molar-refractivity contribution in [3.63, 3.8) is 0 Å². The lowest BCUT2D eigenvalue weighted by molar-refractivity contribution is -0.125. The molecule has 0 saturated carbocycles. The molecule has 186 valence electrons. The Balaban J connectivity index is 1.29. The Morgan fingerprint density at radius 3 is 2.69 bits per heavy atom. The third kappa shape index (κ3) is 4.82. The van der Waals surface area contributed by atoms with Gasteiger partial charge in [0, 0.05) is 37.6 Å². The first-order chi connectivity index (χ1) is 17.6. The van der Waals surface area contributed by atoms with E-state index in [1.165, 1.54) is 12.1 Å². The molecule has 1 aliphatic rings. The van der Waals surface area contributed by atoms with E-state index in [1.54, 1.807) is 43.3 Å². The predicted octanol–water partition coefficient (Wildman–Crippen LogP) is 4.09. The van der Waals surface area contributed by atoms with Gasteiger partial charge in [-0.15, -0.1) is 0 Å². The highest BCUT2D eigenvalue weighted by molar-refractivity contribution is 5.81. The van der Waals surface area contributed by atoms with E-state index in [0.717, 1.165) is 47.5 Å². The van der Waals surface area contributed by atoms with Gasteiger partial charge < -0.3 is 19.7 Å². The molecule has 1 saturated heterocycles. The zero-order chi connectivity index (χ0) is 25.1. The molecule has 2 aromatic heterocycles. The summed E-state index contributed by atoms with van der Waals surface area (Å²) in [6, 6.07) is 13.8. The number of fused-ring (bicyclic) bond motifs is 1. The SMILES string of the molecule is COc1ccc(CNC(=O)[C@@H]2CCCN(c3nccn4nc(-c5ccc(F)cc5)cc34)C2)cc1OC. The number of anilines is 1. The van der Waals surface area contributed by atoms with Crippen LogP contribution in [0.15, 0.2) is 60.9 Å². The minimum Gasteiger partial charge on any atom is -0.493 e. The lowest BCUT2D eigenvalue weighted by Crippen LogP contribution is -2.43. The van der Waals surface area contributed by atoms with Gasteiger partial charge in [0.25, 0.3) is 0 Å². The number of halogens is 1. The normalized spacial score (nSPS) is 15.6. The first-order valence-electron chi connectivity index (χ1n) is 11.9. The second-order valence-corrected chi connectivity index (χ2v) is 8.81. The lowest BCUT2D eigenvalue weighted by atomic mass is 9.97. The smallest absolute Gasteiger partial charge is 0.225 e. The van der Waals surface area contributed by atoms with E-state index in [9.17, 15) is 9.18 Å². The lowest BCUT2D eigenvalue weighted by Gasteiger charge is -2.33. The summed E-state index contributed by atoms with van der Waals surface area (Å²) in [5.41, 5.74) is 3.36. The van der Waals surface area contributed by atoms with Crippen molar-refractivity contribution in [1.82, 2.24) is 19.9 Å². The second-order valence-electron chi connectivity index (χ2n) is 8.81. The zero-order valence-electron chi connectivity index (χ0n) is 20.3. The maximum Gasteiger partial charge on any atom is 0.225 e. The zero-order valence-corrected chi connectivity index (χ0v) is 20.3. The number of ether oxygens (including phenoxy) is 2. The van der Waals surface area contributed by atoms with Gasteiger partial charge in [0.15, 0.2) is 17.3 Å². The Labute approximate surface area is 208 Å². The molecule has 3 heterocycles. The number of rotatable bonds is 7. The third-order valence-electron chi connectivity index (χ3n) is 6.52. The van der Waals surface area contributed by atoms with Crippen LogP contribution in [0.3, 0.4) is 0 Å². The molecular formula is C27H28FN5O3. The van der Waals surface area contributed by atoms with Crippen LogP contribution in [0.1, 0.15) is 18.4 Å². The fourth-order valence-electron chi connectivity index (χ4n) is 4.62. The van der Waals surface area contributed by atoms with Crippen molar-refractivity contribution >= 4 is 17.2 Å². The molecule has 0 unspecified atom stereocenters. The molecule has 2 aromatic carbocycles. The quantitative estimate of drug-likeness (QED) is 0.421. The van der Waals surface area contributed by atoms with E-state index in [1.807, 2.05) is 24.3 Å². The molecule has 1 amide bonds. The van der Waals surface area contributed by atoms with Crippen LogP contribution in [0, 0.1) is 11.7 Å². The summed E-state index contributed by atoms with van der Waals surface area (Å²) in [5, 5.41) is 7.71. The van der Waals surface area contributed by atoms with E-state index >= 15 is 0 Å². The monoisotopic (exact) mass is 489 g/mol. The summed E-state index contributed by atoms with van der Waals surface area (Å²) in [5.74, 6) is 1.65. The number of piperidine rings is 1. The summed E-state index contributed by atoms with van der Waals surface area (Å²) >= 11 is 0. The van der Waals surface area contributed by atoms with Crippen molar-refractivity contribution in [2.45, 2.75) is 19.4 Å².